The maximum Gasteiger partial charge on any atom is 0.414 e. The summed E-state index contributed by atoms with van der Waals surface area (Å²) in [5.74, 6) is -0.983. The third kappa shape index (κ3) is 7.24. The van der Waals surface area contributed by atoms with Gasteiger partial charge in [-0.1, -0.05) is 12.1 Å². The smallest absolute Gasteiger partial charge is 0.414 e. The molecule has 0 bridgehead atoms. The summed E-state index contributed by atoms with van der Waals surface area (Å²) in [5.41, 5.74) is 1.68. The van der Waals surface area contributed by atoms with Crippen molar-refractivity contribution < 1.29 is 43.5 Å². The number of methoxy groups -OCH3 is 4. The highest BCUT2D eigenvalue weighted by molar-refractivity contribution is 6.27. The molecule has 3 rings (SSSR count). The first-order valence-electron chi connectivity index (χ1n) is 10.6. The van der Waals surface area contributed by atoms with Gasteiger partial charge in [0.2, 0.25) is 0 Å². The Labute approximate surface area is 203 Å². The number of nitrogens with zero attached hydrogens (tertiary/aromatic N) is 2. The van der Waals surface area contributed by atoms with Gasteiger partial charge in [-0.15, -0.1) is 0 Å². The summed E-state index contributed by atoms with van der Waals surface area (Å²) in [5, 5.41) is 14.8. The molecule has 190 valence electrons. The molecule has 0 aliphatic carbocycles. The van der Waals surface area contributed by atoms with Crippen LogP contribution >= 0.6 is 0 Å². The summed E-state index contributed by atoms with van der Waals surface area (Å²) in [4.78, 5) is 35.3. The molecule has 1 heterocycles. The minimum atomic E-state index is -1.82. The van der Waals surface area contributed by atoms with Crippen molar-refractivity contribution in [1.29, 1.82) is 0 Å². The minimum Gasteiger partial charge on any atom is -0.493 e. The first-order valence-corrected chi connectivity index (χ1v) is 10.6. The molecule has 0 radical (unpaired) electrons. The Bertz CT molecular complexity index is 1020. The molecule has 0 atom stereocenters. The first kappa shape index (κ1) is 27.3. The van der Waals surface area contributed by atoms with Crippen molar-refractivity contribution in [2.75, 3.05) is 54.6 Å². The van der Waals surface area contributed by atoms with Crippen LogP contribution in [-0.2, 0) is 16.1 Å². The van der Waals surface area contributed by atoms with Crippen LogP contribution in [-0.4, -0.2) is 92.5 Å². The van der Waals surface area contributed by atoms with Gasteiger partial charge < -0.3 is 34.1 Å². The second kappa shape index (κ2) is 13.0. The van der Waals surface area contributed by atoms with E-state index < -0.39 is 11.9 Å². The number of ether oxygens (including phenoxy) is 4. The zero-order valence-corrected chi connectivity index (χ0v) is 20.1. The predicted octanol–water partition coefficient (Wildman–Crippen LogP) is 1.83. The van der Waals surface area contributed by atoms with Crippen LogP contribution in [0.1, 0.15) is 15.9 Å². The number of carbonyl (C=O) groups excluding carboxylic acids is 1. The summed E-state index contributed by atoms with van der Waals surface area (Å²) < 4.78 is 21.5. The van der Waals surface area contributed by atoms with Gasteiger partial charge >= 0.3 is 11.9 Å². The molecule has 11 heteroatoms. The van der Waals surface area contributed by atoms with Gasteiger partial charge in [-0.25, -0.2) is 9.59 Å². The summed E-state index contributed by atoms with van der Waals surface area (Å²) in [6.45, 7) is 3.66. The van der Waals surface area contributed by atoms with Crippen molar-refractivity contribution in [1.82, 2.24) is 9.80 Å². The van der Waals surface area contributed by atoms with Gasteiger partial charge in [0.05, 0.1) is 28.4 Å². The second-order valence-corrected chi connectivity index (χ2v) is 7.40. The minimum absolute atomic E-state index is 0.00423. The van der Waals surface area contributed by atoms with E-state index in [2.05, 4.69) is 4.90 Å². The van der Waals surface area contributed by atoms with Gasteiger partial charge in [0, 0.05) is 43.9 Å². The van der Waals surface area contributed by atoms with Gasteiger partial charge in [-0.2, -0.15) is 0 Å². The van der Waals surface area contributed by atoms with Crippen molar-refractivity contribution >= 4 is 17.8 Å². The number of carboxylic acid groups (broad SMARTS) is 2. The van der Waals surface area contributed by atoms with Crippen LogP contribution in [0.2, 0.25) is 0 Å². The van der Waals surface area contributed by atoms with Crippen LogP contribution in [0.15, 0.2) is 36.4 Å². The number of para-hydroxylation sites is 1. The molecular formula is C24H30N2O9. The molecule has 1 amide bonds. The molecular weight excluding hydrogens is 460 g/mol. The molecule has 35 heavy (non-hydrogen) atoms. The maximum absolute atomic E-state index is 12.9. The number of piperazine rings is 1. The number of carbonyl (C=O) groups is 3. The molecule has 2 aromatic carbocycles. The number of aliphatic carboxylic acids is 2. The van der Waals surface area contributed by atoms with E-state index in [1.807, 2.05) is 23.1 Å². The summed E-state index contributed by atoms with van der Waals surface area (Å²) in [6, 6.07) is 11.2. The molecule has 0 unspecified atom stereocenters. The summed E-state index contributed by atoms with van der Waals surface area (Å²) in [7, 11) is 6.44. The number of amides is 1. The van der Waals surface area contributed by atoms with E-state index in [-0.39, 0.29) is 5.91 Å². The van der Waals surface area contributed by atoms with Crippen LogP contribution in [0.4, 0.5) is 0 Å². The number of hydrogen-bond donors (Lipinski definition) is 2. The van der Waals surface area contributed by atoms with Crippen LogP contribution < -0.4 is 18.9 Å². The van der Waals surface area contributed by atoms with E-state index in [0.29, 0.717) is 30.2 Å². The van der Waals surface area contributed by atoms with Crippen molar-refractivity contribution in [3.63, 3.8) is 0 Å². The van der Waals surface area contributed by atoms with E-state index >= 15 is 0 Å². The fourth-order valence-corrected chi connectivity index (χ4v) is 3.58. The van der Waals surface area contributed by atoms with E-state index in [9.17, 15) is 4.79 Å². The highest BCUT2D eigenvalue weighted by Crippen LogP contribution is 2.32. The normalized spacial score (nSPS) is 13.2. The van der Waals surface area contributed by atoms with Crippen LogP contribution in [0, 0.1) is 0 Å². The van der Waals surface area contributed by atoms with Crippen LogP contribution in [0.3, 0.4) is 0 Å². The molecule has 2 N–H and O–H groups in total. The number of rotatable bonds is 7. The van der Waals surface area contributed by atoms with Crippen molar-refractivity contribution in [2.45, 2.75) is 6.54 Å². The number of benzene rings is 2. The second-order valence-electron chi connectivity index (χ2n) is 7.40. The quantitative estimate of drug-likeness (QED) is 0.554. The van der Waals surface area contributed by atoms with E-state index in [0.717, 1.165) is 36.7 Å². The van der Waals surface area contributed by atoms with Crippen molar-refractivity contribution in [3.05, 3.63) is 47.5 Å². The first-order chi connectivity index (χ1) is 16.7. The van der Waals surface area contributed by atoms with Crippen molar-refractivity contribution in [2.24, 2.45) is 0 Å². The lowest BCUT2D eigenvalue weighted by molar-refractivity contribution is -0.159. The van der Waals surface area contributed by atoms with Gasteiger partial charge in [0.1, 0.15) is 0 Å². The largest absolute Gasteiger partial charge is 0.493 e. The highest BCUT2D eigenvalue weighted by atomic mass is 16.5. The summed E-state index contributed by atoms with van der Waals surface area (Å²) in [6.07, 6.45) is 0. The molecule has 0 aromatic heterocycles. The standard InChI is InChI=1S/C22H28N2O5.C2H2O4/c1-26-18-9-8-16(14-20(18)28-3)22(25)24-12-10-23(11-13-24)15-17-6-5-7-19(27-2)21(17)29-4;3-1(4)2(5)6/h5-9,14H,10-13,15H2,1-4H3;(H,3,4)(H,5,6). The third-order valence-electron chi connectivity index (χ3n) is 5.35. The van der Waals surface area contributed by atoms with E-state index in [1.54, 1.807) is 46.6 Å². The lowest BCUT2D eigenvalue weighted by atomic mass is 10.1. The Hall–Kier alpha value is -3.99. The Morgan fingerprint density at radius 1 is 0.771 bits per heavy atom. The lowest BCUT2D eigenvalue weighted by Crippen LogP contribution is -2.48. The molecule has 1 aliphatic rings. The Balaban J connectivity index is 0.000000641. The summed E-state index contributed by atoms with van der Waals surface area (Å²) >= 11 is 0. The Kier molecular flexibility index (Phi) is 10.2. The Morgan fingerprint density at radius 2 is 1.37 bits per heavy atom. The molecule has 11 nitrogen and oxygen atoms in total. The number of carboxylic acids is 2. The molecule has 0 saturated carbocycles. The third-order valence-corrected chi connectivity index (χ3v) is 5.35. The lowest BCUT2D eigenvalue weighted by Gasteiger charge is -2.35. The molecule has 1 fully saturated rings. The monoisotopic (exact) mass is 490 g/mol. The fourth-order valence-electron chi connectivity index (χ4n) is 3.58. The molecule has 0 spiro atoms. The van der Waals surface area contributed by atoms with Crippen LogP contribution in [0.25, 0.3) is 0 Å². The van der Waals surface area contributed by atoms with Gasteiger partial charge in [-0.05, 0) is 24.3 Å². The topological polar surface area (TPSA) is 135 Å². The van der Waals surface area contributed by atoms with E-state index in [4.69, 9.17) is 38.7 Å². The molecule has 2 aromatic rings. The zero-order valence-electron chi connectivity index (χ0n) is 20.1. The highest BCUT2D eigenvalue weighted by Gasteiger charge is 2.24. The zero-order chi connectivity index (χ0) is 26.0. The maximum atomic E-state index is 12.9. The van der Waals surface area contributed by atoms with Gasteiger partial charge in [0.15, 0.2) is 23.0 Å². The Morgan fingerprint density at radius 3 is 1.89 bits per heavy atom. The van der Waals surface area contributed by atoms with Crippen molar-refractivity contribution in [3.8, 4) is 23.0 Å². The number of hydrogen-bond acceptors (Lipinski definition) is 8. The molecule has 1 saturated heterocycles. The SMILES string of the molecule is COc1ccc(C(=O)N2CCN(Cc3cccc(OC)c3OC)CC2)cc1OC.O=C(O)C(=O)O. The average Bonchev–Trinajstić information content (AvgIpc) is 2.88. The predicted molar refractivity (Wildman–Crippen MR) is 126 cm³/mol. The van der Waals surface area contributed by atoms with Gasteiger partial charge in [-0.3, -0.25) is 9.69 Å². The fraction of sp³-hybridized carbons (Fsp3) is 0.375. The average molecular weight is 491 g/mol. The van der Waals surface area contributed by atoms with E-state index in [1.165, 1.54) is 0 Å². The molecule has 1 aliphatic heterocycles. The van der Waals surface area contributed by atoms with Gasteiger partial charge in [0.25, 0.3) is 5.91 Å². The van der Waals surface area contributed by atoms with Crippen LogP contribution in [0.5, 0.6) is 23.0 Å².